The Labute approximate surface area is 146 Å². The van der Waals surface area contributed by atoms with Crippen molar-refractivity contribution >= 4 is 23.3 Å². The lowest BCUT2D eigenvalue weighted by Gasteiger charge is -2.28. The highest BCUT2D eigenvalue weighted by molar-refractivity contribution is 6.43. The fourth-order valence-corrected chi connectivity index (χ4v) is 2.49. The van der Waals surface area contributed by atoms with E-state index in [0.717, 1.165) is 0 Å². The Hall–Kier alpha value is -2.99. The van der Waals surface area contributed by atoms with E-state index >= 15 is 0 Å². The number of ether oxygens (including phenoxy) is 1. The van der Waals surface area contributed by atoms with Gasteiger partial charge in [0, 0.05) is 24.3 Å². The summed E-state index contributed by atoms with van der Waals surface area (Å²) in [6.07, 6.45) is 0. The molecule has 0 unspecified atom stereocenters. The van der Waals surface area contributed by atoms with Crippen LogP contribution in [0.25, 0.3) is 0 Å². The quantitative estimate of drug-likeness (QED) is 0.674. The van der Waals surface area contributed by atoms with Gasteiger partial charge in [0.15, 0.2) is 5.84 Å². The lowest BCUT2D eigenvalue weighted by molar-refractivity contribution is -0.111. The normalized spacial score (nSPS) is 14.9. The third-order valence-corrected chi connectivity index (χ3v) is 3.77. The van der Waals surface area contributed by atoms with Crippen molar-refractivity contribution in [2.45, 2.75) is 0 Å². The molecule has 128 valence electrons. The highest BCUT2D eigenvalue weighted by Gasteiger charge is 2.23. The van der Waals surface area contributed by atoms with Gasteiger partial charge in [-0.2, -0.15) is 4.99 Å². The van der Waals surface area contributed by atoms with Gasteiger partial charge in [0.05, 0.1) is 13.2 Å². The number of hydrogen-bond donors (Lipinski definition) is 1. The molecule has 1 fully saturated rings. The number of aliphatic imine (C=N–C) groups is 1. The van der Waals surface area contributed by atoms with Crippen molar-refractivity contribution in [1.82, 2.24) is 4.90 Å². The van der Waals surface area contributed by atoms with Gasteiger partial charge in [-0.25, -0.2) is 0 Å². The van der Waals surface area contributed by atoms with Crippen LogP contribution in [0.4, 0.5) is 5.69 Å². The van der Waals surface area contributed by atoms with Gasteiger partial charge in [0.25, 0.3) is 11.8 Å². The Bertz CT molecular complexity index is 754. The number of para-hydroxylation sites is 1. The molecule has 0 bridgehead atoms. The van der Waals surface area contributed by atoms with E-state index in [1.165, 1.54) is 0 Å². The van der Waals surface area contributed by atoms with Crippen LogP contribution in [0.3, 0.4) is 0 Å². The molecule has 2 aromatic carbocycles. The fraction of sp³-hybridized carbons (Fsp3) is 0.211. The minimum Gasteiger partial charge on any atom is -0.378 e. The van der Waals surface area contributed by atoms with Crippen molar-refractivity contribution in [1.29, 1.82) is 0 Å². The second-order valence-corrected chi connectivity index (χ2v) is 5.53. The average Bonchev–Trinajstić information content (AvgIpc) is 2.68. The first-order valence-corrected chi connectivity index (χ1v) is 8.11. The Morgan fingerprint density at radius 2 is 1.52 bits per heavy atom. The predicted molar refractivity (Wildman–Crippen MR) is 95.7 cm³/mol. The number of nitrogens with zero attached hydrogens (tertiary/aromatic N) is 2. The summed E-state index contributed by atoms with van der Waals surface area (Å²) in [5, 5.41) is 2.79. The van der Waals surface area contributed by atoms with Gasteiger partial charge < -0.3 is 15.0 Å². The zero-order chi connectivity index (χ0) is 17.5. The molecule has 2 aromatic rings. The molecule has 2 amide bonds. The molecule has 1 aliphatic rings. The van der Waals surface area contributed by atoms with Crippen molar-refractivity contribution in [2.75, 3.05) is 31.6 Å². The summed E-state index contributed by atoms with van der Waals surface area (Å²) in [6.45, 7) is 2.03. The van der Waals surface area contributed by atoms with Crippen LogP contribution in [0.5, 0.6) is 0 Å². The van der Waals surface area contributed by atoms with Gasteiger partial charge in [0.1, 0.15) is 0 Å². The predicted octanol–water partition coefficient (Wildman–Crippen LogP) is 2.20. The zero-order valence-electron chi connectivity index (χ0n) is 13.7. The van der Waals surface area contributed by atoms with Gasteiger partial charge in [0.2, 0.25) is 0 Å². The topological polar surface area (TPSA) is 71.0 Å². The zero-order valence-corrected chi connectivity index (χ0v) is 13.7. The molecule has 0 aromatic heterocycles. The summed E-state index contributed by atoms with van der Waals surface area (Å²) >= 11 is 0. The number of morpholine rings is 1. The highest BCUT2D eigenvalue weighted by atomic mass is 16.5. The van der Waals surface area contributed by atoms with Gasteiger partial charge in [-0.05, 0) is 24.3 Å². The first-order chi connectivity index (χ1) is 12.2. The van der Waals surface area contributed by atoms with Crippen LogP contribution >= 0.6 is 0 Å². The van der Waals surface area contributed by atoms with E-state index in [-0.39, 0.29) is 5.84 Å². The van der Waals surface area contributed by atoms with Gasteiger partial charge in [-0.3, -0.25) is 9.59 Å². The van der Waals surface area contributed by atoms with E-state index in [0.29, 0.717) is 37.6 Å². The maximum atomic E-state index is 12.7. The molecular weight excluding hydrogens is 318 g/mol. The minimum atomic E-state index is -0.440. The summed E-state index contributed by atoms with van der Waals surface area (Å²) in [5.74, 6) is -0.733. The van der Waals surface area contributed by atoms with Crippen LogP contribution < -0.4 is 5.32 Å². The van der Waals surface area contributed by atoms with Crippen LogP contribution in [-0.4, -0.2) is 48.9 Å². The van der Waals surface area contributed by atoms with Crippen molar-refractivity contribution in [3.63, 3.8) is 0 Å². The van der Waals surface area contributed by atoms with E-state index in [2.05, 4.69) is 10.3 Å². The minimum absolute atomic E-state index is 0.112. The van der Waals surface area contributed by atoms with Gasteiger partial charge >= 0.3 is 0 Å². The standard InChI is InChI=1S/C19H19N3O3/c23-18(15-7-3-1-4-8-15)21-17(22-11-13-25-14-12-22)19(24)20-16-9-5-2-6-10-16/h1-10H,11-14H2,(H,20,24). The largest absolute Gasteiger partial charge is 0.378 e. The van der Waals surface area contributed by atoms with E-state index in [1.54, 1.807) is 41.3 Å². The first-order valence-electron chi connectivity index (χ1n) is 8.11. The molecule has 0 radical (unpaired) electrons. The maximum Gasteiger partial charge on any atom is 0.291 e. The molecule has 1 heterocycles. The number of amidine groups is 1. The summed E-state index contributed by atoms with van der Waals surface area (Å²) in [6, 6.07) is 17.8. The average molecular weight is 337 g/mol. The van der Waals surface area contributed by atoms with Crippen molar-refractivity contribution < 1.29 is 14.3 Å². The number of carbonyl (C=O) groups excluding carboxylic acids is 2. The Morgan fingerprint density at radius 3 is 2.16 bits per heavy atom. The second-order valence-electron chi connectivity index (χ2n) is 5.53. The monoisotopic (exact) mass is 337 g/mol. The Balaban J connectivity index is 1.85. The fourth-order valence-electron chi connectivity index (χ4n) is 2.49. The Kier molecular flexibility index (Phi) is 5.53. The van der Waals surface area contributed by atoms with Gasteiger partial charge in [-0.15, -0.1) is 0 Å². The number of carbonyl (C=O) groups is 2. The number of amides is 2. The van der Waals surface area contributed by atoms with Crippen LogP contribution in [0, 0.1) is 0 Å². The summed E-state index contributed by atoms with van der Waals surface area (Å²) in [7, 11) is 0. The molecule has 1 aliphatic heterocycles. The van der Waals surface area contributed by atoms with Crippen molar-refractivity contribution in [2.24, 2.45) is 4.99 Å². The summed E-state index contributed by atoms with van der Waals surface area (Å²) in [5.41, 5.74) is 1.10. The van der Waals surface area contributed by atoms with E-state index in [4.69, 9.17) is 4.74 Å². The molecule has 6 nitrogen and oxygen atoms in total. The van der Waals surface area contributed by atoms with Crippen molar-refractivity contribution in [3.8, 4) is 0 Å². The number of benzene rings is 2. The smallest absolute Gasteiger partial charge is 0.291 e. The van der Waals surface area contributed by atoms with E-state index < -0.39 is 11.8 Å². The molecule has 3 rings (SSSR count). The molecular formula is C19H19N3O3. The number of anilines is 1. The maximum absolute atomic E-state index is 12.7. The third kappa shape index (κ3) is 4.51. The lowest BCUT2D eigenvalue weighted by atomic mass is 10.2. The lowest BCUT2D eigenvalue weighted by Crippen LogP contribution is -2.46. The third-order valence-electron chi connectivity index (χ3n) is 3.77. The second kappa shape index (κ2) is 8.21. The molecule has 0 atom stereocenters. The Morgan fingerprint density at radius 1 is 0.920 bits per heavy atom. The summed E-state index contributed by atoms with van der Waals surface area (Å²) < 4.78 is 5.32. The molecule has 0 aliphatic carbocycles. The molecule has 0 saturated carbocycles. The number of rotatable bonds is 2. The SMILES string of the molecule is O=C(Nc1ccccc1)C(=NC(=O)c1ccccc1)N1CCOCC1. The van der Waals surface area contributed by atoms with Crippen molar-refractivity contribution in [3.05, 3.63) is 66.2 Å². The summed E-state index contributed by atoms with van der Waals surface area (Å²) in [4.78, 5) is 31.0. The molecule has 1 N–H and O–H groups in total. The number of hydrogen-bond acceptors (Lipinski definition) is 3. The highest BCUT2D eigenvalue weighted by Crippen LogP contribution is 2.09. The van der Waals surface area contributed by atoms with E-state index in [9.17, 15) is 9.59 Å². The number of nitrogens with one attached hydrogen (secondary N) is 1. The first kappa shape index (κ1) is 16.9. The van der Waals surface area contributed by atoms with Crippen LogP contribution in [0.15, 0.2) is 65.7 Å². The molecule has 6 heteroatoms. The molecule has 1 saturated heterocycles. The van der Waals surface area contributed by atoms with Crippen LogP contribution in [0.1, 0.15) is 10.4 Å². The molecule has 25 heavy (non-hydrogen) atoms. The van der Waals surface area contributed by atoms with Crippen LogP contribution in [-0.2, 0) is 9.53 Å². The van der Waals surface area contributed by atoms with Crippen LogP contribution in [0.2, 0.25) is 0 Å². The molecule has 0 spiro atoms. The van der Waals surface area contributed by atoms with Gasteiger partial charge in [-0.1, -0.05) is 36.4 Å². The van der Waals surface area contributed by atoms with E-state index in [1.807, 2.05) is 24.3 Å².